The minimum atomic E-state index is -3.80. The van der Waals surface area contributed by atoms with Gasteiger partial charge in [-0.05, 0) is 66.9 Å². The third kappa shape index (κ3) is 5.04. The van der Waals surface area contributed by atoms with Gasteiger partial charge < -0.3 is 10.1 Å². The van der Waals surface area contributed by atoms with Crippen LogP contribution in [0.2, 0.25) is 0 Å². The number of sulfonamides is 1. The highest BCUT2D eigenvalue weighted by Gasteiger charge is 2.29. The average molecular weight is 469 g/mol. The van der Waals surface area contributed by atoms with Crippen molar-refractivity contribution in [3.05, 3.63) is 89.7 Å². The molecule has 4 rings (SSSR count). The fourth-order valence-electron chi connectivity index (χ4n) is 3.62. The first-order chi connectivity index (χ1) is 15.8. The molecule has 3 aromatic rings. The van der Waals surface area contributed by atoms with Gasteiger partial charge in [-0.15, -0.1) is 0 Å². The van der Waals surface area contributed by atoms with Crippen LogP contribution in [0.4, 0.5) is 15.8 Å². The average Bonchev–Trinajstić information content (AvgIpc) is 2.82. The normalized spacial score (nSPS) is 13.2. The van der Waals surface area contributed by atoms with Crippen LogP contribution >= 0.6 is 0 Å². The summed E-state index contributed by atoms with van der Waals surface area (Å²) in [4.78, 5) is 24.2. The van der Waals surface area contributed by atoms with Crippen LogP contribution in [0.5, 0.6) is 0 Å². The maximum atomic E-state index is 13.2. The zero-order valence-electron chi connectivity index (χ0n) is 17.5. The zero-order valence-corrected chi connectivity index (χ0v) is 18.3. The van der Waals surface area contributed by atoms with Crippen LogP contribution in [0, 0.1) is 5.82 Å². The van der Waals surface area contributed by atoms with Gasteiger partial charge in [0.25, 0.3) is 15.9 Å². The van der Waals surface area contributed by atoms with Crippen LogP contribution in [0.25, 0.3) is 0 Å². The van der Waals surface area contributed by atoms with Crippen LogP contribution in [0.3, 0.4) is 0 Å². The molecule has 0 saturated heterocycles. The molecule has 0 aromatic heterocycles. The Morgan fingerprint density at radius 3 is 2.52 bits per heavy atom. The van der Waals surface area contributed by atoms with Gasteiger partial charge in [-0.2, -0.15) is 0 Å². The van der Waals surface area contributed by atoms with Crippen molar-refractivity contribution < 1.29 is 27.1 Å². The number of halogens is 1. The number of esters is 1. The summed E-state index contributed by atoms with van der Waals surface area (Å²) in [7, 11) is -3.80. The number of rotatable bonds is 6. The van der Waals surface area contributed by atoms with E-state index >= 15 is 0 Å². The van der Waals surface area contributed by atoms with E-state index in [9.17, 15) is 22.4 Å². The summed E-state index contributed by atoms with van der Waals surface area (Å²) in [6.45, 7) is -0.191. The van der Waals surface area contributed by atoms with Crippen molar-refractivity contribution in [1.29, 1.82) is 0 Å². The van der Waals surface area contributed by atoms with Gasteiger partial charge in [0.1, 0.15) is 5.82 Å². The number of anilines is 2. The summed E-state index contributed by atoms with van der Waals surface area (Å²) in [6, 6.07) is 18.1. The molecule has 0 bridgehead atoms. The number of nitrogens with one attached hydrogen (secondary N) is 1. The van der Waals surface area contributed by atoms with Crippen molar-refractivity contribution in [2.75, 3.05) is 22.8 Å². The Kier molecular flexibility index (Phi) is 6.41. The van der Waals surface area contributed by atoms with E-state index in [4.69, 9.17) is 4.74 Å². The van der Waals surface area contributed by atoms with Gasteiger partial charge in [0.05, 0.1) is 16.1 Å². The van der Waals surface area contributed by atoms with Crippen LogP contribution < -0.4 is 9.62 Å². The monoisotopic (exact) mass is 468 g/mol. The molecule has 1 aliphatic heterocycles. The number of carbonyl (C=O) groups excluding carboxylic acids is 2. The highest BCUT2D eigenvalue weighted by atomic mass is 32.2. The van der Waals surface area contributed by atoms with Crippen LogP contribution in [0.1, 0.15) is 22.3 Å². The zero-order chi connectivity index (χ0) is 23.4. The molecule has 7 nitrogen and oxygen atoms in total. The number of ether oxygens (including phenoxy) is 1. The minimum Gasteiger partial charge on any atom is -0.452 e. The van der Waals surface area contributed by atoms with Crippen molar-refractivity contribution in [3.63, 3.8) is 0 Å². The lowest BCUT2D eigenvalue weighted by Gasteiger charge is -2.30. The van der Waals surface area contributed by atoms with Gasteiger partial charge in [0.15, 0.2) is 6.61 Å². The number of benzene rings is 3. The third-order valence-electron chi connectivity index (χ3n) is 5.19. The topological polar surface area (TPSA) is 92.8 Å². The summed E-state index contributed by atoms with van der Waals surface area (Å²) >= 11 is 0. The standard InChI is InChI=1S/C24H21FN2O5S/c25-19-7-3-8-20(15-19)26-23(28)16-32-24(29)18-10-12-21(13-11-18)33(30,31)27-14-4-6-17-5-1-2-9-22(17)27/h1-3,5,7-13,15H,4,6,14,16H2,(H,26,28). The summed E-state index contributed by atoms with van der Waals surface area (Å²) in [5.74, 6) is -1.92. The van der Waals surface area contributed by atoms with E-state index in [0.29, 0.717) is 12.2 Å². The Morgan fingerprint density at radius 2 is 1.76 bits per heavy atom. The first-order valence-electron chi connectivity index (χ1n) is 10.3. The molecule has 1 N–H and O–H groups in total. The second kappa shape index (κ2) is 9.41. The number of hydrogen-bond acceptors (Lipinski definition) is 5. The Labute approximate surface area is 190 Å². The maximum Gasteiger partial charge on any atom is 0.338 e. The van der Waals surface area contributed by atoms with Crippen molar-refractivity contribution >= 4 is 33.3 Å². The molecule has 1 amide bonds. The first-order valence-corrected chi connectivity index (χ1v) is 11.7. The molecule has 0 radical (unpaired) electrons. The molecule has 0 aliphatic carbocycles. The predicted octanol–water partition coefficient (Wildman–Crippen LogP) is 3.76. The number of para-hydroxylation sites is 1. The number of carbonyl (C=O) groups is 2. The number of aryl methyl sites for hydroxylation is 1. The highest BCUT2D eigenvalue weighted by molar-refractivity contribution is 7.92. The lowest BCUT2D eigenvalue weighted by molar-refractivity contribution is -0.119. The van der Waals surface area contributed by atoms with Gasteiger partial charge in [0.2, 0.25) is 0 Å². The van der Waals surface area contributed by atoms with Gasteiger partial charge >= 0.3 is 5.97 Å². The summed E-state index contributed by atoms with van der Waals surface area (Å²) < 4.78 is 45.9. The Balaban J connectivity index is 1.40. The Bertz CT molecular complexity index is 1290. The molecule has 0 atom stereocenters. The van der Waals surface area contributed by atoms with Crippen molar-refractivity contribution in [3.8, 4) is 0 Å². The minimum absolute atomic E-state index is 0.0552. The van der Waals surface area contributed by atoms with Crippen molar-refractivity contribution in [2.24, 2.45) is 0 Å². The van der Waals surface area contributed by atoms with Crippen molar-refractivity contribution in [2.45, 2.75) is 17.7 Å². The Hall–Kier alpha value is -3.72. The maximum absolute atomic E-state index is 13.2. The van der Waals surface area contributed by atoms with E-state index in [-0.39, 0.29) is 16.1 Å². The highest BCUT2D eigenvalue weighted by Crippen LogP contribution is 2.31. The molecule has 170 valence electrons. The molecule has 0 spiro atoms. The van der Waals surface area contributed by atoms with Gasteiger partial charge in [-0.1, -0.05) is 24.3 Å². The van der Waals surface area contributed by atoms with E-state index in [1.807, 2.05) is 12.1 Å². The fraction of sp³-hybridized carbons (Fsp3) is 0.167. The van der Waals surface area contributed by atoms with Gasteiger partial charge in [-0.3, -0.25) is 9.10 Å². The van der Waals surface area contributed by atoms with Crippen LogP contribution in [0.15, 0.2) is 77.7 Å². The fourth-order valence-corrected chi connectivity index (χ4v) is 5.16. The van der Waals surface area contributed by atoms with Crippen LogP contribution in [-0.4, -0.2) is 33.4 Å². The summed E-state index contributed by atoms with van der Waals surface area (Å²) in [5, 5.41) is 2.42. The lowest BCUT2D eigenvalue weighted by Crippen LogP contribution is -2.35. The molecule has 0 unspecified atom stereocenters. The lowest BCUT2D eigenvalue weighted by atomic mass is 10.0. The van der Waals surface area contributed by atoms with E-state index in [1.54, 1.807) is 12.1 Å². The predicted molar refractivity (Wildman–Crippen MR) is 121 cm³/mol. The molecule has 33 heavy (non-hydrogen) atoms. The molecular weight excluding hydrogens is 447 g/mol. The quantitative estimate of drug-likeness (QED) is 0.556. The van der Waals surface area contributed by atoms with Crippen LogP contribution in [-0.2, 0) is 26.0 Å². The molecule has 1 heterocycles. The molecule has 0 fully saturated rings. The van der Waals surface area contributed by atoms with Crippen molar-refractivity contribution in [1.82, 2.24) is 0 Å². The number of nitrogens with zero attached hydrogens (tertiary/aromatic N) is 1. The molecule has 1 aliphatic rings. The third-order valence-corrected chi connectivity index (χ3v) is 7.02. The number of hydrogen-bond donors (Lipinski definition) is 1. The second-order valence-corrected chi connectivity index (χ2v) is 9.33. The molecule has 0 saturated carbocycles. The van der Waals surface area contributed by atoms with E-state index < -0.39 is 34.3 Å². The molecular formula is C24H21FN2O5S. The first kappa shape index (κ1) is 22.5. The van der Waals surface area contributed by atoms with Gasteiger partial charge in [-0.25, -0.2) is 17.6 Å². The number of amides is 1. The molecule has 3 aromatic carbocycles. The largest absolute Gasteiger partial charge is 0.452 e. The summed E-state index contributed by atoms with van der Waals surface area (Å²) in [5.41, 5.74) is 1.98. The van der Waals surface area contributed by atoms with E-state index in [1.165, 1.54) is 46.8 Å². The smallest absolute Gasteiger partial charge is 0.338 e. The van der Waals surface area contributed by atoms with Gasteiger partial charge in [0, 0.05) is 12.2 Å². The molecule has 9 heteroatoms. The summed E-state index contributed by atoms with van der Waals surface area (Å²) in [6.07, 6.45) is 1.54. The Morgan fingerprint density at radius 1 is 1.00 bits per heavy atom. The SMILES string of the molecule is O=C(COC(=O)c1ccc(S(=O)(=O)N2CCCc3ccccc32)cc1)Nc1cccc(F)c1. The van der Waals surface area contributed by atoms with E-state index in [0.717, 1.165) is 24.5 Å². The second-order valence-electron chi connectivity index (χ2n) is 7.47. The number of fused-ring (bicyclic) bond motifs is 1. The van der Waals surface area contributed by atoms with E-state index in [2.05, 4.69) is 5.32 Å².